The molecule has 2 aromatic rings. The van der Waals surface area contributed by atoms with Crippen LogP contribution in [0.15, 0.2) is 36.7 Å². The smallest absolute Gasteiger partial charge is 0.327 e. The molecule has 1 N–H and O–H groups in total. The Kier molecular flexibility index (Phi) is 5.45. The Morgan fingerprint density at radius 2 is 2.14 bits per heavy atom. The van der Waals surface area contributed by atoms with Gasteiger partial charge in [-0.1, -0.05) is 30.3 Å². The highest BCUT2D eigenvalue weighted by Crippen LogP contribution is 2.14. The van der Waals surface area contributed by atoms with E-state index in [-0.39, 0.29) is 5.97 Å². The standard InChI is InChI=1S/C15H20N4O2/c1-3-21-15(20)14(12-7-5-4-6-8-12)16-10-9-13-17-11-19(2)18-13/h4-8,11,14,16H,3,9-10H2,1-2H3. The number of carbonyl (C=O) groups is 1. The number of benzene rings is 1. The van der Waals surface area contributed by atoms with Crippen LogP contribution in [0.3, 0.4) is 0 Å². The van der Waals surface area contributed by atoms with Crippen LogP contribution >= 0.6 is 0 Å². The van der Waals surface area contributed by atoms with Crippen molar-refractivity contribution in [1.82, 2.24) is 20.1 Å². The Morgan fingerprint density at radius 3 is 2.76 bits per heavy atom. The Labute approximate surface area is 124 Å². The predicted molar refractivity (Wildman–Crippen MR) is 78.5 cm³/mol. The molecule has 1 atom stereocenters. The Balaban J connectivity index is 1.97. The molecule has 1 aromatic carbocycles. The average Bonchev–Trinajstić information content (AvgIpc) is 2.90. The Hall–Kier alpha value is -2.21. The lowest BCUT2D eigenvalue weighted by Crippen LogP contribution is -2.31. The van der Waals surface area contributed by atoms with Crippen LogP contribution in [0.2, 0.25) is 0 Å². The molecule has 0 aliphatic rings. The molecule has 0 fully saturated rings. The molecule has 112 valence electrons. The summed E-state index contributed by atoms with van der Waals surface area (Å²) in [6, 6.07) is 9.09. The van der Waals surface area contributed by atoms with Gasteiger partial charge in [-0.3, -0.25) is 4.68 Å². The fourth-order valence-electron chi connectivity index (χ4n) is 2.04. The highest BCUT2D eigenvalue weighted by atomic mass is 16.5. The molecular weight excluding hydrogens is 268 g/mol. The maximum absolute atomic E-state index is 12.1. The molecule has 0 bridgehead atoms. The van der Waals surface area contributed by atoms with Gasteiger partial charge in [-0.25, -0.2) is 9.78 Å². The third kappa shape index (κ3) is 4.39. The quantitative estimate of drug-likeness (QED) is 0.777. The zero-order valence-electron chi connectivity index (χ0n) is 12.3. The maximum atomic E-state index is 12.1. The van der Waals surface area contributed by atoms with Crippen molar-refractivity contribution >= 4 is 5.97 Å². The fraction of sp³-hybridized carbons (Fsp3) is 0.400. The maximum Gasteiger partial charge on any atom is 0.327 e. The lowest BCUT2D eigenvalue weighted by atomic mass is 10.1. The van der Waals surface area contributed by atoms with E-state index in [0.29, 0.717) is 19.6 Å². The van der Waals surface area contributed by atoms with Crippen molar-refractivity contribution in [2.24, 2.45) is 7.05 Å². The number of nitrogens with one attached hydrogen (secondary N) is 1. The molecule has 2 rings (SSSR count). The van der Waals surface area contributed by atoms with Crippen molar-refractivity contribution < 1.29 is 9.53 Å². The monoisotopic (exact) mass is 288 g/mol. The van der Waals surface area contributed by atoms with E-state index in [4.69, 9.17) is 4.74 Å². The molecule has 0 aliphatic heterocycles. The van der Waals surface area contributed by atoms with Gasteiger partial charge in [0.15, 0.2) is 5.82 Å². The minimum absolute atomic E-state index is 0.266. The second-order valence-corrected chi connectivity index (χ2v) is 4.63. The summed E-state index contributed by atoms with van der Waals surface area (Å²) in [4.78, 5) is 16.2. The topological polar surface area (TPSA) is 69.0 Å². The van der Waals surface area contributed by atoms with Gasteiger partial charge in [-0.15, -0.1) is 0 Å². The van der Waals surface area contributed by atoms with Crippen LogP contribution in [-0.4, -0.2) is 33.9 Å². The first-order valence-electron chi connectivity index (χ1n) is 7.00. The summed E-state index contributed by atoms with van der Waals surface area (Å²) in [5.74, 6) is 0.485. The van der Waals surface area contributed by atoms with Crippen LogP contribution < -0.4 is 5.32 Å². The molecule has 6 heteroatoms. The molecule has 1 unspecified atom stereocenters. The summed E-state index contributed by atoms with van der Waals surface area (Å²) in [7, 11) is 1.83. The van der Waals surface area contributed by atoms with Crippen molar-refractivity contribution in [2.45, 2.75) is 19.4 Å². The minimum atomic E-state index is -0.463. The molecule has 0 amide bonds. The van der Waals surface area contributed by atoms with Crippen molar-refractivity contribution in [3.05, 3.63) is 48.0 Å². The molecule has 0 spiro atoms. The summed E-state index contributed by atoms with van der Waals surface area (Å²) in [6.45, 7) is 2.77. The fourth-order valence-corrected chi connectivity index (χ4v) is 2.04. The highest BCUT2D eigenvalue weighted by molar-refractivity contribution is 5.77. The van der Waals surface area contributed by atoms with E-state index in [2.05, 4.69) is 15.4 Å². The summed E-state index contributed by atoms with van der Waals surface area (Å²) in [5, 5.41) is 7.43. The number of hydrogen-bond acceptors (Lipinski definition) is 5. The molecule has 0 saturated heterocycles. The summed E-state index contributed by atoms with van der Waals surface area (Å²) in [6.07, 6.45) is 2.32. The van der Waals surface area contributed by atoms with Crippen LogP contribution in [0.1, 0.15) is 24.4 Å². The van der Waals surface area contributed by atoms with E-state index in [1.54, 1.807) is 17.9 Å². The van der Waals surface area contributed by atoms with Gasteiger partial charge in [0.1, 0.15) is 12.4 Å². The third-order valence-corrected chi connectivity index (χ3v) is 3.00. The van der Waals surface area contributed by atoms with Crippen molar-refractivity contribution in [1.29, 1.82) is 0 Å². The number of nitrogens with zero attached hydrogens (tertiary/aromatic N) is 3. The van der Waals surface area contributed by atoms with E-state index < -0.39 is 6.04 Å². The predicted octanol–water partition coefficient (Wildman–Crippen LogP) is 1.25. The normalized spacial score (nSPS) is 12.1. The number of ether oxygens (including phenoxy) is 1. The lowest BCUT2D eigenvalue weighted by molar-refractivity contribution is -0.145. The zero-order valence-corrected chi connectivity index (χ0v) is 12.3. The lowest BCUT2D eigenvalue weighted by Gasteiger charge is -2.17. The number of aryl methyl sites for hydroxylation is 1. The van der Waals surface area contributed by atoms with E-state index in [9.17, 15) is 4.79 Å². The van der Waals surface area contributed by atoms with Crippen LogP contribution in [0.25, 0.3) is 0 Å². The first-order chi connectivity index (χ1) is 10.2. The molecule has 21 heavy (non-hydrogen) atoms. The third-order valence-electron chi connectivity index (χ3n) is 3.00. The van der Waals surface area contributed by atoms with Gasteiger partial charge in [-0.2, -0.15) is 5.10 Å². The van der Waals surface area contributed by atoms with Gasteiger partial charge >= 0.3 is 5.97 Å². The van der Waals surface area contributed by atoms with Gasteiger partial charge in [0, 0.05) is 20.0 Å². The summed E-state index contributed by atoms with van der Waals surface area (Å²) >= 11 is 0. The molecule has 1 heterocycles. The SMILES string of the molecule is CCOC(=O)C(NCCc1ncn(C)n1)c1ccccc1. The first-order valence-corrected chi connectivity index (χ1v) is 7.00. The molecule has 1 aromatic heterocycles. The van der Waals surface area contributed by atoms with Crippen LogP contribution in [0.5, 0.6) is 0 Å². The van der Waals surface area contributed by atoms with Crippen molar-refractivity contribution in [2.75, 3.05) is 13.2 Å². The van der Waals surface area contributed by atoms with E-state index in [1.165, 1.54) is 0 Å². The van der Waals surface area contributed by atoms with Crippen LogP contribution in [0, 0.1) is 0 Å². The van der Waals surface area contributed by atoms with Crippen molar-refractivity contribution in [3.8, 4) is 0 Å². The molecule has 0 aliphatic carbocycles. The largest absolute Gasteiger partial charge is 0.465 e. The second-order valence-electron chi connectivity index (χ2n) is 4.63. The van der Waals surface area contributed by atoms with Crippen molar-refractivity contribution in [3.63, 3.8) is 0 Å². The molecular formula is C15H20N4O2. The number of hydrogen-bond donors (Lipinski definition) is 1. The van der Waals surface area contributed by atoms with Gasteiger partial charge in [-0.05, 0) is 12.5 Å². The number of aromatic nitrogens is 3. The van der Waals surface area contributed by atoms with E-state index in [1.807, 2.05) is 37.4 Å². The van der Waals surface area contributed by atoms with Gasteiger partial charge in [0.2, 0.25) is 0 Å². The zero-order chi connectivity index (χ0) is 15.1. The number of esters is 1. The highest BCUT2D eigenvalue weighted by Gasteiger charge is 2.21. The minimum Gasteiger partial charge on any atom is -0.465 e. The molecule has 0 radical (unpaired) electrons. The first kappa shape index (κ1) is 15.2. The number of carbonyl (C=O) groups excluding carboxylic acids is 1. The molecule has 6 nitrogen and oxygen atoms in total. The Bertz CT molecular complexity index is 568. The number of rotatable bonds is 7. The van der Waals surface area contributed by atoms with Gasteiger partial charge in [0.05, 0.1) is 6.61 Å². The van der Waals surface area contributed by atoms with E-state index in [0.717, 1.165) is 11.4 Å². The Morgan fingerprint density at radius 1 is 1.38 bits per heavy atom. The molecule has 0 saturated carbocycles. The average molecular weight is 288 g/mol. The second kappa shape index (κ2) is 7.54. The van der Waals surface area contributed by atoms with Crippen LogP contribution in [-0.2, 0) is 23.0 Å². The van der Waals surface area contributed by atoms with Gasteiger partial charge in [0.25, 0.3) is 0 Å². The summed E-state index contributed by atoms with van der Waals surface area (Å²) < 4.78 is 6.79. The van der Waals surface area contributed by atoms with Crippen LogP contribution in [0.4, 0.5) is 0 Å². The van der Waals surface area contributed by atoms with Gasteiger partial charge < -0.3 is 10.1 Å². The summed E-state index contributed by atoms with van der Waals surface area (Å²) in [5.41, 5.74) is 0.893. The van der Waals surface area contributed by atoms with E-state index >= 15 is 0 Å².